The van der Waals surface area contributed by atoms with E-state index in [0.717, 1.165) is 17.7 Å². The molecule has 2 N–H and O–H groups in total. The lowest BCUT2D eigenvalue weighted by Gasteiger charge is -2.11. The molecule has 0 heterocycles. The molecule has 0 unspecified atom stereocenters. The molecule has 2 aromatic carbocycles. The number of benzene rings is 2. The van der Waals surface area contributed by atoms with Gasteiger partial charge in [0, 0.05) is 12.2 Å². The Bertz CT molecular complexity index is 617. The molecule has 0 bridgehead atoms. The number of anilines is 1. The third-order valence-electron chi connectivity index (χ3n) is 2.90. The predicted octanol–water partition coefficient (Wildman–Crippen LogP) is 5.10. The van der Waals surface area contributed by atoms with Crippen LogP contribution < -0.4 is 10.1 Å². The van der Waals surface area contributed by atoms with Crippen LogP contribution in [0.5, 0.6) is 11.5 Å². The minimum atomic E-state index is 0.0842. The normalized spacial score (nSPS) is 10.4. The van der Waals surface area contributed by atoms with Crippen LogP contribution in [0.15, 0.2) is 36.4 Å². The summed E-state index contributed by atoms with van der Waals surface area (Å²) in [6.07, 6.45) is 0.942. The van der Waals surface area contributed by atoms with E-state index in [1.54, 1.807) is 12.1 Å². The lowest BCUT2D eigenvalue weighted by atomic mass is 10.2. The predicted molar refractivity (Wildman–Crippen MR) is 87.7 cm³/mol. The molecule has 0 radical (unpaired) electrons. The molecule has 0 saturated heterocycles. The van der Waals surface area contributed by atoms with E-state index in [0.29, 0.717) is 28.9 Å². The Morgan fingerprint density at radius 3 is 2.57 bits per heavy atom. The van der Waals surface area contributed by atoms with Crippen LogP contribution >= 0.6 is 23.2 Å². The van der Waals surface area contributed by atoms with E-state index >= 15 is 0 Å². The van der Waals surface area contributed by atoms with Gasteiger partial charge in [-0.3, -0.25) is 0 Å². The molecule has 0 amide bonds. The highest BCUT2D eigenvalue weighted by Gasteiger charge is 2.04. The Balaban J connectivity index is 1.99. The van der Waals surface area contributed by atoms with Crippen molar-refractivity contribution < 1.29 is 9.84 Å². The number of rotatable bonds is 6. The second kappa shape index (κ2) is 7.43. The SMILES string of the molecule is CCCOc1ccc(NCc2ccc(O)c(Cl)c2)cc1Cl. The molecule has 0 aliphatic carbocycles. The number of phenols is 1. The van der Waals surface area contributed by atoms with Crippen molar-refractivity contribution in [3.05, 3.63) is 52.0 Å². The highest BCUT2D eigenvalue weighted by Crippen LogP contribution is 2.28. The molecule has 21 heavy (non-hydrogen) atoms. The zero-order valence-corrected chi connectivity index (χ0v) is 13.2. The quantitative estimate of drug-likeness (QED) is 0.776. The first-order valence-electron chi connectivity index (χ1n) is 6.73. The molecule has 0 aliphatic rings. The summed E-state index contributed by atoms with van der Waals surface area (Å²) < 4.78 is 5.53. The van der Waals surface area contributed by atoms with Crippen LogP contribution in [0.25, 0.3) is 0 Å². The van der Waals surface area contributed by atoms with Crippen molar-refractivity contribution in [2.75, 3.05) is 11.9 Å². The molecule has 2 aromatic rings. The van der Waals surface area contributed by atoms with E-state index in [2.05, 4.69) is 5.32 Å². The standard InChI is InChI=1S/C16H17Cl2NO2/c1-2-7-21-16-6-4-12(9-14(16)18)19-10-11-3-5-15(20)13(17)8-11/h3-6,8-9,19-20H,2,7,10H2,1H3. The van der Waals surface area contributed by atoms with Crippen molar-refractivity contribution in [3.63, 3.8) is 0 Å². The third-order valence-corrected chi connectivity index (χ3v) is 3.50. The summed E-state index contributed by atoms with van der Waals surface area (Å²) in [5.41, 5.74) is 1.87. The van der Waals surface area contributed by atoms with Crippen LogP contribution in [-0.4, -0.2) is 11.7 Å². The van der Waals surface area contributed by atoms with Gasteiger partial charge in [-0.2, -0.15) is 0 Å². The number of phenolic OH excluding ortho intramolecular Hbond substituents is 1. The van der Waals surface area contributed by atoms with Crippen LogP contribution in [-0.2, 0) is 6.54 Å². The first-order valence-corrected chi connectivity index (χ1v) is 7.49. The number of ether oxygens (including phenoxy) is 1. The Labute approximate surface area is 134 Å². The van der Waals surface area contributed by atoms with Gasteiger partial charge in [-0.25, -0.2) is 0 Å². The topological polar surface area (TPSA) is 41.5 Å². The van der Waals surface area contributed by atoms with Gasteiger partial charge in [-0.15, -0.1) is 0 Å². The smallest absolute Gasteiger partial charge is 0.138 e. The van der Waals surface area contributed by atoms with E-state index in [1.165, 1.54) is 0 Å². The summed E-state index contributed by atoms with van der Waals surface area (Å²) in [6, 6.07) is 10.7. The molecule has 5 heteroatoms. The molecule has 0 aliphatic heterocycles. The maximum absolute atomic E-state index is 9.38. The monoisotopic (exact) mass is 325 g/mol. The first kappa shape index (κ1) is 15.8. The van der Waals surface area contributed by atoms with Crippen molar-refractivity contribution in [3.8, 4) is 11.5 Å². The van der Waals surface area contributed by atoms with Crippen molar-refractivity contribution in [1.29, 1.82) is 0 Å². The molecule has 0 atom stereocenters. The largest absolute Gasteiger partial charge is 0.506 e. The fourth-order valence-corrected chi connectivity index (χ4v) is 2.24. The average molecular weight is 326 g/mol. The fraction of sp³-hybridized carbons (Fsp3) is 0.250. The summed E-state index contributed by atoms with van der Waals surface area (Å²) in [5, 5.41) is 13.6. The number of hydrogen-bond acceptors (Lipinski definition) is 3. The van der Waals surface area contributed by atoms with Gasteiger partial charge in [0.25, 0.3) is 0 Å². The summed E-state index contributed by atoms with van der Waals surface area (Å²) in [7, 11) is 0. The maximum atomic E-state index is 9.38. The minimum absolute atomic E-state index is 0.0842. The second-order valence-corrected chi connectivity index (χ2v) is 5.45. The Morgan fingerprint density at radius 2 is 1.90 bits per heavy atom. The minimum Gasteiger partial charge on any atom is -0.506 e. The van der Waals surface area contributed by atoms with Crippen LogP contribution in [0.4, 0.5) is 5.69 Å². The summed E-state index contributed by atoms with van der Waals surface area (Å²) in [6.45, 7) is 3.29. The number of aromatic hydroxyl groups is 1. The Hall–Kier alpha value is -1.58. The molecular formula is C16H17Cl2NO2. The molecule has 2 rings (SSSR count). The lowest BCUT2D eigenvalue weighted by molar-refractivity contribution is 0.317. The van der Waals surface area contributed by atoms with Gasteiger partial charge in [0.15, 0.2) is 0 Å². The molecule has 3 nitrogen and oxygen atoms in total. The molecule has 0 saturated carbocycles. The zero-order valence-electron chi connectivity index (χ0n) is 11.7. The van der Waals surface area contributed by atoms with Crippen LogP contribution in [0.2, 0.25) is 10.0 Å². The molecular weight excluding hydrogens is 309 g/mol. The van der Waals surface area contributed by atoms with Gasteiger partial charge in [-0.1, -0.05) is 36.2 Å². The number of hydrogen-bond donors (Lipinski definition) is 2. The van der Waals surface area contributed by atoms with Gasteiger partial charge < -0.3 is 15.2 Å². The fourth-order valence-electron chi connectivity index (χ4n) is 1.80. The molecule has 0 fully saturated rings. The Morgan fingerprint density at radius 1 is 1.10 bits per heavy atom. The van der Waals surface area contributed by atoms with E-state index < -0.39 is 0 Å². The van der Waals surface area contributed by atoms with Crippen LogP contribution in [0.1, 0.15) is 18.9 Å². The average Bonchev–Trinajstić information content (AvgIpc) is 2.47. The third kappa shape index (κ3) is 4.45. The summed E-state index contributed by atoms with van der Waals surface area (Å²) >= 11 is 12.0. The van der Waals surface area contributed by atoms with E-state index in [9.17, 15) is 5.11 Å². The molecule has 0 aromatic heterocycles. The van der Waals surface area contributed by atoms with Crippen LogP contribution in [0, 0.1) is 0 Å². The van der Waals surface area contributed by atoms with Crippen molar-refractivity contribution in [1.82, 2.24) is 0 Å². The van der Waals surface area contributed by atoms with Gasteiger partial charge >= 0.3 is 0 Å². The van der Waals surface area contributed by atoms with Crippen LogP contribution in [0.3, 0.4) is 0 Å². The summed E-state index contributed by atoms with van der Waals surface area (Å²) in [5.74, 6) is 0.776. The molecule has 112 valence electrons. The summed E-state index contributed by atoms with van der Waals surface area (Å²) in [4.78, 5) is 0. The van der Waals surface area contributed by atoms with E-state index in [1.807, 2.05) is 31.2 Å². The number of nitrogens with one attached hydrogen (secondary N) is 1. The van der Waals surface area contributed by atoms with Crippen molar-refractivity contribution >= 4 is 28.9 Å². The highest BCUT2D eigenvalue weighted by molar-refractivity contribution is 6.32. The number of halogens is 2. The molecule has 0 spiro atoms. The van der Waals surface area contributed by atoms with Gasteiger partial charge in [-0.05, 0) is 42.3 Å². The highest BCUT2D eigenvalue weighted by atomic mass is 35.5. The van der Waals surface area contributed by atoms with E-state index in [-0.39, 0.29) is 5.75 Å². The first-order chi connectivity index (χ1) is 10.1. The lowest BCUT2D eigenvalue weighted by Crippen LogP contribution is -2.00. The second-order valence-electron chi connectivity index (χ2n) is 4.63. The van der Waals surface area contributed by atoms with Crippen molar-refractivity contribution in [2.24, 2.45) is 0 Å². The van der Waals surface area contributed by atoms with Crippen molar-refractivity contribution in [2.45, 2.75) is 19.9 Å². The van der Waals surface area contributed by atoms with E-state index in [4.69, 9.17) is 27.9 Å². The van der Waals surface area contributed by atoms with Gasteiger partial charge in [0.1, 0.15) is 11.5 Å². The van der Waals surface area contributed by atoms with Gasteiger partial charge in [0.2, 0.25) is 0 Å². The Kier molecular flexibility index (Phi) is 5.59. The maximum Gasteiger partial charge on any atom is 0.138 e. The van der Waals surface area contributed by atoms with Gasteiger partial charge in [0.05, 0.1) is 16.7 Å². The zero-order chi connectivity index (χ0) is 15.2.